The van der Waals surface area contributed by atoms with E-state index in [9.17, 15) is 0 Å². The van der Waals surface area contributed by atoms with Crippen LogP contribution in [0.4, 0.5) is 0 Å². The Morgan fingerprint density at radius 3 is 2.53 bits per heavy atom. The lowest BCUT2D eigenvalue weighted by molar-refractivity contribution is 0.602. The zero-order chi connectivity index (χ0) is 11.5. The summed E-state index contributed by atoms with van der Waals surface area (Å²) in [4.78, 5) is 0. The third kappa shape index (κ3) is 2.09. The minimum absolute atomic E-state index is 0.263. The summed E-state index contributed by atoms with van der Waals surface area (Å²) in [6, 6.07) is 19.3. The Balaban J connectivity index is 1.88. The van der Waals surface area contributed by atoms with E-state index in [0.29, 0.717) is 0 Å². The highest BCUT2D eigenvalue weighted by molar-refractivity contribution is 5.57. The first-order chi connectivity index (χ1) is 8.43. The number of hydrogen-bond donors (Lipinski definition) is 0. The zero-order valence-corrected chi connectivity index (χ0v) is 9.58. The molecule has 0 saturated heterocycles. The molecule has 1 aliphatic rings. The Kier molecular flexibility index (Phi) is 2.66. The standard InChI is InChI=1S/C16H14N/c1-2-6-13(7-3-1)12-16-15-9-5-4-8-14(15)10-11-17-16/h1-11,16H,12H2. The molecule has 0 bridgehead atoms. The zero-order valence-electron chi connectivity index (χ0n) is 9.58. The molecule has 3 rings (SSSR count). The first-order valence-corrected chi connectivity index (χ1v) is 5.93. The van der Waals surface area contributed by atoms with Gasteiger partial charge in [0.1, 0.15) is 0 Å². The summed E-state index contributed by atoms with van der Waals surface area (Å²) < 4.78 is 0. The van der Waals surface area contributed by atoms with E-state index in [-0.39, 0.29) is 6.04 Å². The molecule has 1 radical (unpaired) electrons. The van der Waals surface area contributed by atoms with Crippen LogP contribution in [-0.4, -0.2) is 0 Å². The van der Waals surface area contributed by atoms with Gasteiger partial charge in [-0.2, -0.15) is 0 Å². The highest BCUT2D eigenvalue weighted by Gasteiger charge is 2.17. The Labute approximate surface area is 102 Å². The first-order valence-electron chi connectivity index (χ1n) is 5.93. The van der Waals surface area contributed by atoms with E-state index in [1.807, 2.05) is 6.20 Å². The van der Waals surface area contributed by atoms with E-state index < -0.39 is 0 Å². The van der Waals surface area contributed by atoms with Crippen LogP contribution < -0.4 is 5.32 Å². The minimum Gasteiger partial charge on any atom is -0.285 e. The highest BCUT2D eigenvalue weighted by Crippen LogP contribution is 2.27. The second kappa shape index (κ2) is 4.46. The third-order valence-electron chi connectivity index (χ3n) is 3.15. The minimum atomic E-state index is 0.263. The summed E-state index contributed by atoms with van der Waals surface area (Å²) in [6.07, 6.45) is 4.98. The molecule has 0 aromatic heterocycles. The first kappa shape index (κ1) is 10.2. The average Bonchev–Trinajstić information content (AvgIpc) is 2.40. The van der Waals surface area contributed by atoms with E-state index in [2.05, 4.69) is 66.0 Å². The van der Waals surface area contributed by atoms with Crippen molar-refractivity contribution < 1.29 is 0 Å². The van der Waals surface area contributed by atoms with Crippen molar-refractivity contribution in [1.29, 1.82) is 0 Å². The summed E-state index contributed by atoms with van der Waals surface area (Å²) in [6.45, 7) is 0. The van der Waals surface area contributed by atoms with E-state index >= 15 is 0 Å². The molecule has 83 valence electrons. The van der Waals surface area contributed by atoms with Crippen LogP contribution in [-0.2, 0) is 6.42 Å². The number of fused-ring (bicyclic) bond motifs is 1. The van der Waals surface area contributed by atoms with Crippen molar-refractivity contribution in [1.82, 2.24) is 5.32 Å². The fourth-order valence-electron chi connectivity index (χ4n) is 2.27. The maximum Gasteiger partial charge on any atom is 0.0795 e. The molecule has 1 atom stereocenters. The molecule has 0 saturated carbocycles. The van der Waals surface area contributed by atoms with Crippen molar-refractivity contribution in [3.05, 3.63) is 77.5 Å². The molecule has 0 spiro atoms. The summed E-state index contributed by atoms with van der Waals surface area (Å²) in [7, 11) is 0. The van der Waals surface area contributed by atoms with Gasteiger partial charge in [0.25, 0.3) is 0 Å². The molecular formula is C16H14N. The highest BCUT2D eigenvalue weighted by atomic mass is 14.9. The van der Waals surface area contributed by atoms with Crippen LogP contribution in [0.15, 0.2) is 60.8 Å². The largest absolute Gasteiger partial charge is 0.285 e. The normalized spacial score (nSPS) is 17.3. The van der Waals surface area contributed by atoms with Crippen molar-refractivity contribution in [3.8, 4) is 0 Å². The van der Waals surface area contributed by atoms with Crippen molar-refractivity contribution >= 4 is 6.08 Å². The van der Waals surface area contributed by atoms with Crippen molar-refractivity contribution in [2.75, 3.05) is 0 Å². The Hall–Kier alpha value is -2.02. The molecule has 0 fully saturated rings. The predicted molar refractivity (Wildman–Crippen MR) is 70.5 cm³/mol. The van der Waals surface area contributed by atoms with Crippen LogP contribution in [0, 0.1) is 0 Å². The fraction of sp³-hybridized carbons (Fsp3) is 0.125. The summed E-state index contributed by atoms with van der Waals surface area (Å²) in [5.41, 5.74) is 3.97. The molecular weight excluding hydrogens is 206 g/mol. The monoisotopic (exact) mass is 220 g/mol. The summed E-state index contributed by atoms with van der Waals surface area (Å²) >= 11 is 0. The summed E-state index contributed by atoms with van der Waals surface area (Å²) in [5, 5.41) is 4.59. The molecule has 17 heavy (non-hydrogen) atoms. The average molecular weight is 220 g/mol. The Morgan fingerprint density at radius 1 is 0.882 bits per heavy atom. The van der Waals surface area contributed by atoms with Gasteiger partial charge in [-0.25, -0.2) is 0 Å². The van der Waals surface area contributed by atoms with Crippen LogP contribution in [0.2, 0.25) is 0 Å². The molecule has 0 amide bonds. The number of rotatable bonds is 2. The number of hydrogen-bond acceptors (Lipinski definition) is 0. The van der Waals surface area contributed by atoms with Crippen LogP contribution in [0.5, 0.6) is 0 Å². The van der Waals surface area contributed by atoms with Gasteiger partial charge in [0, 0.05) is 6.20 Å². The van der Waals surface area contributed by atoms with Crippen LogP contribution in [0.1, 0.15) is 22.7 Å². The van der Waals surface area contributed by atoms with Gasteiger partial charge >= 0.3 is 0 Å². The lowest BCUT2D eigenvalue weighted by atomic mass is 9.93. The van der Waals surface area contributed by atoms with Gasteiger partial charge in [-0.1, -0.05) is 54.6 Å². The van der Waals surface area contributed by atoms with Gasteiger partial charge in [-0.3, -0.25) is 5.32 Å². The van der Waals surface area contributed by atoms with E-state index in [1.54, 1.807) is 0 Å². The fourth-order valence-corrected chi connectivity index (χ4v) is 2.27. The van der Waals surface area contributed by atoms with Gasteiger partial charge in [-0.15, -0.1) is 0 Å². The van der Waals surface area contributed by atoms with E-state index in [1.165, 1.54) is 16.7 Å². The maximum atomic E-state index is 4.59. The van der Waals surface area contributed by atoms with Crippen molar-refractivity contribution in [2.24, 2.45) is 0 Å². The molecule has 0 aliphatic carbocycles. The molecule has 1 nitrogen and oxygen atoms in total. The third-order valence-corrected chi connectivity index (χ3v) is 3.15. The second-order valence-corrected chi connectivity index (χ2v) is 4.30. The lowest BCUT2D eigenvalue weighted by Gasteiger charge is -2.21. The van der Waals surface area contributed by atoms with Crippen LogP contribution in [0.3, 0.4) is 0 Å². The van der Waals surface area contributed by atoms with E-state index in [0.717, 1.165) is 6.42 Å². The van der Waals surface area contributed by atoms with Gasteiger partial charge in [0.15, 0.2) is 0 Å². The Bertz CT molecular complexity index is 528. The summed E-state index contributed by atoms with van der Waals surface area (Å²) in [5.74, 6) is 0. The molecule has 1 heteroatoms. The molecule has 2 aromatic carbocycles. The second-order valence-electron chi connectivity index (χ2n) is 4.30. The quantitative estimate of drug-likeness (QED) is 0.734. The number of benzene rings is 2. The lowest BCUT2D eigenvalue weighted by Crippen LogP contribution is -2.16. The van der Waals surface area contributed by atoms with Crippen molar-refractivity contribution in [3.63, 3.8) is 0 Å². The smallest absolute Gasteiger partial charge is 0.0795 e. The Morgan fingerprint density at radius 2 is 1.65 bits per heavy atom. The van der Waals surface area contributed by atoms with Gasteiger partial charge in [-0.05, 0) is 29.2 Å². The van der Waals surface area contributed by atoms with Gasteiger partial charge in [0.2, 0.25) is 0 Å². The SMILES string of the molecule is C1=Cc2ccccc2C(Cc2ccccc2)[N]1. The molecule has 2 aromatic rings. The molecule has 1 heterocycles. The van der Waals surface area contributed by atoms with Crippen LogP contribution in [0.25, 0.3) is 6.08 Å². The molecule has 1 aliphatic heterocycles. The van der Waals surface area contributed by atoms with E-state index in [4.69, 9.17) is 0 Å². The maximum absolute atomic E-state index is 4.59. The van der Waals surface area contributed by atoms with Gasteiger partial charge in [0.05, 0.1) is 6.04 Å². The topological polar surface area (TPSA) is 14.1 Å². The predicted octanol–water partition coefficient (Wildman–Crippen LogP) is 3.56. The van der Waals surface area contributed by atoms with Crippen molar-refractivity contribution in [2.45, 2.75) is 12.5 Å². The van der Waals surface area contributed by atoms with Gasteiger partial charge < -0.3 is 0 Å². The van der Waals surface area contributed by atoms with Crippen LogP contribution >= 0.6 is 0 Å². The number of nitrogens with zero attached hydrogens (tertiary/aromatic N) is 1. The molecule has 1 unspecified atom stereocenters. The molecule has 0 N–H and O–H groups in total.